The summed E-state index contributed by atoms with van der Waals surface area (Å²) >= 11 is 0. The van der Waals surface area contributed by atoms with Gasteiger partial charge in [-0.25, -0.2) is 8.42 Å². The largest absolute Gasteiger partial charge is 0.352 e. The van der Waals surface area contributed by atoms with Crippen LogP contribution in [0.3, 0.4) is 0 Å². The van der Waals surface area contributed by atoms with Gasteiger partial charge < -0.3 is 5.32 Å². The maximum Gasteiger partial charge on any atom is 0.243 e. The lowest BCUT2D eigenvalue weighted by molar-refractivity contribution is -0.126. The van der Waals surface area contributed by atoms with E-state index in [1.807, 2.05) is 19.1 Å². The summed E-state index contributed by atoms with van der Waals surface area (Å²) < 4.78 is 27.3. The molecule has 7 heteroatoms. The van der Waals surface area contributed by atoms with Crippen molar-refractivity contribution in [3.63, 3.8) is 0 Å². The number of carbonyl (C=O) groups is 1. The van der Waals surface area contributed by atoms with E-state index in [1.165, 1.54) is 35.8 Å². The standard InChI is InChI=1S/C27H37N3O3S/c1-21-3-9-26(10-4-21)34(32,33)30-17-13-25(14-18-30)27(31)28-19-23-5-7-24(8-6-23)20-29-15-11-22(2)12-16-29/h3-10,22,25H,11-20H2,1-2H3,(H,28,31). The Hall–Kier alpha value is -2.22. The van der Waals surface area contributed by atoms with Gasteiger partial charge in [-0.15, -0.1) is 0 Å². The van der Waals surface area contributed by atoms with E-state index < -0.39 is 10.0 Å². The quantitative estimate of drug-likeness (QED) is 0.648. The molecule has 0 bridgehead atoms. The fourth-order valence-electron chi connectivity index (χ4n) is 4.79. The van der Waals surface area contributed by atoms with Crippen molar-refractivity contribution in [1.29, 1.82) is 0 Å². The molecule has 2 aromatic carbocycles. The van der Waals surface area contributed by atoms with Crippen molar-refractivity contribution in [2.24, 2.45) is 11.8 Å². The van der Waals surface area contributed by atoms with Crippen LogP contribution in [0, 0.1) is 18.8 Å². The van der Waals surface area contributed by atoms with Crippen LogP contribution in [-0.4, -0.2) is 49.7 Å². The summed E-state index contributed by atoms with van der Waals surface area (Å²) in [5.41, 5.74) is 3.43. The van der Waals surface area contributed by atoms with Crippen LogP contribution in [-0.2, 0) is 27.9 Å². The average molecular weight is 484 g/mol. The second-order valence-electron chi connectivity index (χ2n) is 9.98. The number of carbonyl (C=O) groups excluding carboxylic acids is 1. The molecule has 0 saturated carbocycles. The highest BCUT2D eigenvalue weighted by Gasteiger charge is 2.32. The highest BCUT2D eigenvalue weighted by atomic mass is 32.2. The monoisotopic (exact) mass is 483 g/mol. The van der Waals surface area contributed by atoms with Crippen LogP contribution in [0.5, 0.6) is 0 Å². The predicted octanol–water partition coefficient (Wildman–Crippen LogP) is 3.94. The minimum atomic E-state index is -3.50. The number of hydrogen-bond donors (Lipinski definition) is 1. The van der Waals surface area contributed by atoms with Gasteiger partial charge >= 0.3 is 0 Å². The smallest absolute Gasteiger partial charge is 0.243 e. The molecule has 184 valence electrons. The molecule has 2 aliphatic heterocycles. The normalized spacial score (nSPS) is 19.2. The van der Waals surface area contributed by atoms with E-state index in [4.69, 9.17) is 0 Å². The Kier molecular flexibility index (Phi) is 8.06. The molecule has 2 saturated heterocycles. The number of aryl methyl sites for hydroxylation is 1. The first-order valence-electron chi connectivity index (χ1n) is 12.5. The molecule has 4 rings (SSSR count). The fraction of sp³-hybridized carbons (Fsp3) is 0.519. The summed E-state index contributed by atoms with van der Waals surface area (Å²) in [6.07, 6.45) is 3.65. The highest BCUT2D eigenvalue weighted by molar-refractivity contribution is 7.89. The van der Waals surface area contributed by atoms with Crippen LogP contribution in [0.25, 0.3) is 0 Å². The first-order valence-corrected chi connectivity index (χ1v) is 13.9. The fourth-order valence-corrected chi connectivity index (χ4v) is 6.26. The molecule has 0 spiro atoms. The summed E-state index contributed by atoms with van der Waals surface area (Å²) in [5.74, 6) is 0.705. The minimum Gasteiger partial charge on any atom is -0.352 e. The number of likely N-dealkylation sites (tertiary alicyclic amines) is 1. The number of nitrogens with zero attached hydrogens (tertiary/aromatic N) is 2. The molecule has 34 heavy (non-hydrogen) atoms. The Balaban J connectivity index is 1.22. The van der Waals surface area contributed by atoms with Crippen molar-refractivity contribution < 1.29 is 13.2 Å². The summed E-state index contributed by atoms with van der Waals surface area (Å²) in [4.78, 5) is 15.5. The van der Waals surface area contributed by atoms with Crippen molar-refractivity contribution in [1.82, 2.24) is 14.5 Å². The zero-order chi connectivity index (χ0) is 24.1. The van der Waals surface area contributed by atoms with Crippen molar-refractivity contribution >= 4 is 15.9 Å². The molecule has 0 aromatic heterocycles. The average Bonchev–Trinajstić information content (AvgIpc) is 2.85. The van der Waals surface area contributed by atoms with Gasteiger partial charge in [0.1, 0.15) is 0 Å². The predicted molar refractivity (Wildman–Crippen MR) is 135 cm³/mol. The van der Waals surface area contributed by atoms with E-state index in [0.29, 0.717) is 37.4 Å². The van der Waals surface area contributed by atoms with Crippen LogP contribution in [0.1, 0.15) is 49.3 Å². The maximum absolute atomic E-state index is 12.9. The van der Waals surface area contributed by atoms with Crippen LogP contribution < -0.4 is 5.32 Å². The highest BCUT2D eigenvalue weighted by Crippen LogP contribution is 2.24. The third kappa shape index (κ3) is 6.26. The Morgan fingerprint density at radius 2 is 1.47 bits per heavy atom. The molecule has 0 radical (unpaired) electrons. The number of piperidine rings is 2. The van der Waals surface area contributed by atoms with Crippen molar-refractivity contribution in [2.75, 3.05) is 26.2 Å². The first kappa shape index (κ1) is 24.9. The van der Waals surface area contributed by atoms with Crippen LogP contribution in [0.15, 0.2) is 53.4 Å². The molecule has 0 aliphatic carbocycles. The van der Waals surface area contributed by atoms with Gasteiger partial charge in [0.2, 0.25) is 15.9 Å². The number of nitrogens with one attached hydrogen (secondary N) is 1. The Labute approximate surface area is 204 Å². The molecule has 0 atom stereocenters. The van der Waals surface area contributed by atoms with Gasteiger partial charge in [-0.05, 0) is 74.9 Å². The third-order valence-electron chi connectivity index (χ3n) is 7.26. The molecule has 1 amide bonds. The molecular formula is C27H37N3O3S. The molecule has 2 aromatic rings. The molecule has 2 aliphatic rings. The zero-order valence-electron chi connectivity index (χ0n) is 20.4. The van der Waals surface area contributed by atoms with Gasteiger partial charge in [0.25, 0.3) is 0 Å². The van der Waals surface area contributed by atoms with Crippen molar-refractivity contribution in [3.8, 4) is 0 Å². The summed E-state index contributed by atoms with van der Waals surface area (Å²) in [5, 5.41) is 3.05. The van der Waals surface area contributed by atoms with Crippen LogP contribution in [0.4, 0.5) is 0 Å². The molecule has 1 N–H and O–H groups in total. The van der Waals surface area contributed by atoms with Gasteiger partial charge in [0.15, 0.2) is 0 Å². The van der Waals surface area contributed by atoms with Gasteiger partial charge in [-0.2, -0.15) is 4.31 Å². The molecule has 0 unspecified atom stereocenters. The lowest BCUT2D eigenvalue weighted by atomic mass is 9.97. The van der Waals surface area contributed by atoms with Crippen molar-refractivity contribution in [3.05, 3.63) is 65.2 Å². The van der Waals surface area contributed by atoms with E-state index in [0.717, 1.165) is 23.6 Å². The SMILES string of the molecule is Cc1ccc(S(=O)(=O)N2CCC(C(=O)NCc3ccc(CN4CCC(C)CC4)cc3)CC2)cc1. The first-order chi connectivity index (χ1) is 16.3. The summed E-state index contributed by atoms with van der Waals surface area (Å²) in [6, 6.07) is 15.4. The minimum absolute atomic E-state index is 0.0129. The van der Waals surface area contributed by atoms with E-state index in [-0.39, 0.29) is 11.8 Å². The summed E-state index contributed by atoms with van der Waals surface area (Å²) in [7, 11) is -3.50. The maximum atomic E-state index is 12.9. The van der Waals surface area contributed by atoms with Gasteiger partial charge in [0.05, 0.1) is 4.90 Å². The zero-order valence-corrected chi connectivity index (χ0v) is 21.2. The topological polar surface area (TPSA) is 69.7 Å². The summed E-state index contributed by atoms with van der Waals surface area (Å²) in [6.45, 7) is 8.85. The second-order valence-corrected chi connectivity index (χ2v) is 11.9. The van der Waals surface area contributed by atoms with Crippen molar-refractivity contribution in [2.45, 2.75) is 57.5 Å². The number of benzene rings is 2. The van der Waals surface area contributed by atoms with Crippen LogP contribution in [0.2, 0.25) is 0 Å². The Morgan fingerprint density at radius 3 is 2.09 bits per heavy atom. The number of amides is 1. The number of hydrogen-bond acceptors (Lipinski definition) is 4. The number of sulfonamides is 1. The van der Waals surface area contributed by atoms with E-state index >= 15 is 0 Å². The molecule has 2 fully saturated rings. The number of rotatable bonds is 7. The van der Waals surface area contributed by atoms with E-state index in [1.54, 1.807) is 12.1 Å². The van der Waals surface area contributed by atoms with Gasteiger partial charge in [0, 0.05) is 32.1 Å². The molecular weight excluding hydrogens is 446 g/mol. The Morgan fingerprint density at radius 1 is 0.882 bits per heavy atom. The Bertz CT molecular complexity index is 1050. The van der Waals surface area contributed by atoms with Gasteiger partial charge in [-0.1, -0.05) is 48.9 Å². The van der Waals surface area contributed by atoms with E-state index in [9.17, 15) is 13.2 Å². The molecule has 2 heterocycles. The molecule has 6 nitrogen and oxygen atoms in total. The lowest BCUT2D eigenvalue weighted by Gasteiger charge is -2.30. The second kappa shape index (κ2) is 11.0. The third-order valence-corrected chi connectivity index (χ3v) is 9.17. The lowest BCUT2D eigenvalue weighted by Crippen LogP contribution is -2.42. The van der Waals surface area contributed by atoms with Gasteiger partial charge in [-0.3, -0.25) is 9.69 Å². The van der Waals surface area contributed by atoms with E-state index in [2.05, 4.69) is 41.4 Å². The van der Waals surface area contributed by atoms with Crippen LogP contribution >= 0.6 is 0 Å².